The van der Waals surface area contributed by atoms with Gasteiger partial charge >= 0.3 is 0 Å². The van der Waals surface area contributed by atoms with Gasteiger partial charge < -0.3 is 10.2 Å². The molecule has 4 heteroatoms. The van der Waals surface area contributed by atoms with Crippen LogP contribution in [0.4, 0.5) is 0 Å². The maximum atomic E-state index is 12.0. The lowest BCUT2D eigenvalue weighted by Crippen LogP contribution is -2.44. The van der Waals surface area contributed by atoms with Crippen LogP contribution in [0.1, 0.15) is 30.5 Å². The van der Waals surface area contributed by atoms with Crippen molar-refractivity contribution in [2.24, 2.45) is 0 Å². The van der Waals surface area contributed by atoms with Gasteiger partial charge in [-0.3, -0.25) is 9.69 Å². The number of hydrogen-bond donors (Lipinski definition) is 1. The van der Waals surface area contributed by atoms with Gasteiger partial charge in [0, 0.05) is 33.2 Å². The van der Waals surface area contributed by atoms with Gasteiger partial charge in [0.25, 0.3) is 0 Å². The summed E-state index contributed by atoms with van der Waals surface area (Å²) in [6.45, 7) is 5.43. The predicted molar refractivity (Wildman–Crippen MR) is 81.4 cm³/mol. The van der Waals surface area contributed by atoms with Crippen LogP contribution in [0.15, 0.2) is 24.3 Å². The van der Waals surface area contributed by atoms with E-state index in [1.165, 1.54) is 11.1 Å². The van der Waals surface area contributed by atoms with E-state index in [4.69, 9.17) is 0 Å². The second kappa shape index (κ2) is 6.86. The molecule has 110 valence electrons. The first-order valence-corrected chi connectivity index (χ1v) is 7.36. The molecule has 0 aliphatic carbocycles. The molecule has 1 aliphatic heterocycles. The molecule has 0 radical (unpaired) electrons. The summed E-state index contributed by atoms with van der Waals surface area (Å²) in [7, 11) is 3.64. The Kier molecular flexibility index (Phi) is 5.15. The highest BCUT2D eigenvalue weighted by Crippen LogP contribution is 2.27. The molecular weight excluding hydrogens is 250 g/mol. The molecule has 1 unspecified atom stereocenters. The average molecular weight is 275 g/mol. The first-order valence-electron chi connectivity index (χ1n) is 7.36. The molecule has 0 fully saturated rings. The molecule has 1 atom stereocenters. The number of rotatable bonds is 5. The van der Waals surface area contributed by atoms with Crippen LogP contribution >= 0.6 is 0 Å². The van der Waals surface area contributed by atoms with Crippen molar-refractivity contribution in [3.05, 3.63) is 35.4 Å². The van der Waals surface area contributed by atoms with Crippen LogP contribution in [-0.4, -0.2) is 49.4 Å². The fourth-order valence-corrected chi connectivity index (χ4v) is 2.75. The molecule has 0 saturated carbocycles. The minimum absolute atomic E-state index is 0.168. The smallest absolute Gasteiger partial charge is 0.236 e. The van der Waals surface area contributed by atoms with E-state index >= 15 is 0 Å². The highest BCUT2D eigenvalue weighted by Gasteiger charge is 2.26. The van der Waals surface area contributed by atoms with Crippen molar-refractivity contribution in [2.45, 2.75) is 25.9 Å². The summed E-state index contributed by atoms with van der Waals surface area (Å²) >= 11 is 0. The monoisotopic (exact) mass is 275 g/mol. The quantitative estimate of drug-likeness (QED) is 0.887. The number of carbonyl (C=O) groups is 1. The summed E-state index contributed by atoms with van der Waals surface area (Å²) in [5.74, 6) is 0.168. The van der Waals surface area contributed by atoms with Crippen molar-refractivity contribution in [3.63, 3.8) is 0 Å². The molecule has 1 N–H and O–H groups in total. The van der Waals surface area contributed by atoms with Gasteiger partial charge in [-0.25, -0.2) is 0 Å². The van der Waals surface area contributed by atoms with Gasteiger partial charge in [-0.15, -0.1) is 0 Å². The Morgan fingerprint density at radius 2 is 2.10 bits per heavy atom. The highest BCUT2D eigenvalue weighted by molar-refractivity contribution is 5.77. The third-order valence-corrected chi connectivity index (χ3v) is 3.86. The number of amides is 1. The second-order valence-electron chi connectivity index (χ2n) is 5.60. The Bertz CT molecular complexity index is 459. The standard InChI is InChI=1S/C16H25N3O/c1-4-9-19(12-16(20)18(2)3)15-11-17-10-13-7-5-6-8-14(13)15/h5-8,15,17H,4,9-12H2,1-3H3. The molecule has 0 bridgehead atoms. The van der Waals surface area contributed by atoms with Crippen molar-refractivity contribution >= 4 is 5.91 Å². The number of nitrogens with zero attached hydrogens (tertiary/aromatic N) is 2. The maximum absolute atomic E-state index is 12.0. The van der Waals surface area contributed by atoms with Crippen molar-refractivity contribution in [1.29, 1.82) is 0 Å². The minimum Gasteiger partial charge on any atom is -0.348 e. The fourth-order valence-electron chi connectivity index (χ4n) is 2.75. The first kappa shape index (κ1) is 15.0. The predicted octanol–water partition coefficient (Wildman–Crippen LogP) is 1.63. The van der Waals surface area contributed by atoms with Crippen LogP contribution in [-0.2, 0) is 11.3 Å². The summed E-state index contributed by atoms with van der Waals surface area (Å²) in [6.07, 6.45) is 1.05. The summed E-state index contributed by atoms with van der Waals surface area (Å²) in [4.78, 5) is 16.0. The van der Waals surface area contributed by atoms with Crippen molar-refractivity contribution in [3.8, 4) is 0 Å². The lowest BCUT2D eigenvalue weighted by molar-refractivity contribution is -0.130. The lowest BCUT2D eigenvalue weighted by Gasteiger charge is -2.36. The number of nitrogens with one attached hydrogen (secondary N) is 1. The van der Waals surface area contributed by atoms with E-state index in [2.05, 4.69) is 41.4 Å². The molecule has 4 nitrogen and oxygen atoms in total. The molecule has 0 spiro atoms. The van der Waals surface area contributed by atoms with Crippen molar-refractivity contribution in [2.75, 3.05) is 33.7 Å². The Morgan fingerprint density at radius 3 is 2.80 bits per heavy atom. The molecule has 1 aromatic rings. The average Bonchev–Trinajstić information content (AvgIpc) is 2.46. The zero-order valence-corrected chi connectivity index (χ0v) is 12.7. The van der Waals surface area contributed by atoms with Gasteiger partial charge in [0.2, 0.25) is 5.91 Å². The second-order valence-corrected chi connectivity index (χ2v) is 5.60. The number of likely N-dealkylation sites (N-methyl/N-ethyl adjacent to an activating group) is 1. The van der Waals surface area contributed by atoms with Crippen LogP contribution in [0, 0.1) is 0 Å². The number of hydrogen-bond acceptors (Lipinski definition) is 3. The summed E-state index contributed by atoms with van der Waals surface area (Å²) in [5.41, 5.74) is 2.72. The summed E-state index contributed by atoms with van der Waals surface area (Å²) in [5, 5.41) is 3.47. The molecule has 1 heterocycles. The Morgan fingerprint density at radius 1 is 1.35 bits per heavy atom. The Balaban J connectivity index is 2.20. The van der Waals surface area contributed by atoms with Crippen LogP contribution in [0.3, 0.4) is 0 Å². The van der Waals surface area contributed by atoms with Gasteiger partial charge in [0.15, 0.2) is 0 Å². The normalized spacial score (nSPS) is 17.9. The third-order valence-electron chi connectivity index (χ3n) is 3.86. The van der Waals surface area contributed by atoms with E-state index in [1.807, 2.05) is 14.1 Å². The Labute approximate surface area is 121 Å². The number of benzene rings is 1. The first-order chi connectivity index (χ1) is 9.63. The molecule has 2 rings (SSSR count). The van der Waals surface area contributed by atoms with E-state index in [1.54, 1.807) is 4.90 Å². The van der Waals surface area contributed by atoms with E-state index in [0.717, 1.165) is 26.1 Å². The Hall–Kier alpha value is -1.39. The summed E-state index contributed by atoms with van der Waals surface area (Å²) in [6, 6.07) is 8.84. The molecular formula is C16H25N3O. The number of carbonyl (C=O) groups excluding carboxylic acids is 1. The molecule has 20 heavy (non-hydrogen) atoms. The molecule has 1 aromatic carbocycles. The molecule has 1 aliphatic rings. The van der Waals surface area contributed by atoms with Crippen molar-refractivity contribution < 1.29 is 4.79 Å². The van der Waals surface area contributed by atoms with Crippen LogP contribution in [0.5, 0.6) is 0 Å². The highest BCUT2D eigenvalue weighted by atomic mass is 16.2. The van der Waals surface area contributed by atoms with E-state index in [9.17, 15) is 4.79 Å². The SMILES string of the molecule is CCCN(CC(=O)N(C)C)C1CNCc2ccccc21. The molecule has 1 amide bonds. The van der Waals surface area contributed by atoms with E-state index in [-0.39, 0.29) is 5.91 Å². The third kappa shape index (κ3) is 3.38. The lowest BCUT2D eigenvalue weighted by atomic mass is 9.95. The van der Waals surface area contributed by atoms with E-state index in [0.29, 0.717) is 12.6 Å². The molecule has 0 aromatic heterocycles. The zero-order chi connectivity index (χ0) is 14.5. The van der Waals surface area contributed by atoms with Crippen molar-refractivity contribution in [1.82, 2.24) is 15.1 Å². The van der Waals surface area contributed by atoms with Crippen LogP contribution < -0.4 is 5.32 Å². The van der Waals surface area contributed by atoms with Gasteiger partial charge in [-0.1, -0.05) is 31.2 Å². The number of fused-ring (bicyclic) bond motifs is 1. The van der Waals surface area contributed by atoms with Gasteiger partial charge in [-0.2, -0.15) is 0 Å². The van der Waals surface area contributed by atoms with Crippen LogP contribution in [0.2, 0.25) is 0 Å². The fraction of sp³-hybridized carbons (Fsp3) is 0.562. The largest absolute Gasteiger partial charge is 0.348 e. The van der Waals surface area contributed by atoms with Gasteiger partial charge in [0.1, 0.15) is 0 Å². The van der Waals surface area contributed by atoms with Gasteiger partial charge in [-0.05, 0) is 24.1 Å². The summed E-state index contributed by atoms with van der Waals surface area (Å²) < 4.78 is 0. The molecule has 0 saturated heterocycles. The van der Waals surface area contributed by atoms with E-state index < -0.39 is 0 Å². The minimum atomic E-state index is 0.168. The van der Waals surface area contributed by atoms with Gasteiger partial charge in [0.05, 0.1) is 6.54 Å². The maximum Gasteiger partial charge on any atom is 0.236 e. The topological polar surface area (TPSA) is 35.6 Å². The zero-order valence-electron chi connectivity index (χ0n) is 12.7. The van der Waals surface area contributed by atoms with Crippen LogP contribution in [0.25, 0.3) is 0 Å².